The van der Waals surface area contributed by atoms with Gasteiger partial charge in [0, 0.05) is 30.3 Å². The van der Waals surface area contributed by atoms with E-state index in [0.29, 0.717) is 23.4 Å². The Labute approximate surface area is 121 Å². The van der Waals surface area contributed by atoms with Gasteiger partial charge in [-0.25, -0.2) is 13.8 Å². The van der Waals surface area contributed by atoms with Gasteiger partial charge in [-0.3, -0.25) is 0 Å². The van der Waals surface area contributed by atoms with Crippen molar-refractivity contribution in [2.24, 2.45) is 0 Å². The van der Waals surface area contributed by atoms with Crippen molar-refractivity contribution >= 4 is 17.5 Å². The van der Waals surface area contributed by atoms with E-state index < -0.39 is 11.6 Å². The van der Waals surface area contributed by atoms with Crippen molar-refractivity contribution < 1.29 is 8.78 Å². The van der Waals surface area contributed by atoms with Crippen LogP contribution in [0.25, 0.3) is 0 Å². The number of hydrogen-bond donors (Lipinski definition) is 2. The van der Waals surface area contributed by atoms with Crippen LogP contribution in [0.4, 0.5) is 26.2 Å². The molecule has 0 aliphatic heterocycles. The second-order valence-electron chi connectivity index (χ2n) is 5.06. The van der Waals surface area contributed by atoms with Crippen LogP contribution in [0.2, 0.25) is 0 Å². The number of benzene rings is 1. The molecule has 1 aromatic heterocycles. The minimum Gasteiger partial charge on any atom is -0.354 e. The lowest BCUT2D eigenvalue weighted by Gasteiger charge is -2.10. The van der Waals surface area contributed by atoms with Crippen LogP contribution in [0.15, 0.2) is 24.3 Å². The summed E-state index contributed by atoms with van der Waals surface area (Å²) in [6, 6.07) is 5.54. The Bertz CT molecular complexity index is 656. The summed E-state index contributed by atoms with van der Waals surface area (Å²) >= 11 is 0. The van der Waals surface area contributed by atoms with E-state index in [4.69, 9.17) is 0 Å². The van der Waals surface area contributed by atoms with Crippen molar-refractivity contribution in [3.8, 4) is 0 Å². The van der Waals surface area contributed by atoms with E-state index >= 15 is 0 Å². The lowest BCUT2D eigenvalue weighted by atomic mass is 10.2. The molecule has 1 saturated carbocycles. The van der Waals surface area contributed by atoms with E-state index in [1.807, 2.05) is 13.0 Å². The monoisotopic (exact) mass is 290 g/mol. The Morgan fingerprint density at radius 1 is 1.14 bits per heavy atom. The van der Waals surface area contributed by atoms with Crippen LogP contribution in [0.3, 0.4) is 0 Å². The molecule has 110 valence electrons. The maximum absolute atomic E-state index is 13.2. The largest absolute Gasteiger partial charge is 0.354 e. The minimum absolute atomic E-state index is 0.455. The fourth-order valence-corrected chi connectivity index (χ4v) is 2.08. The van der Waals surface area contributed by atoms with Crippen LogP contribution in [0.5, 0.6) is 0 Å². The highest BCUT2D eigenvalue weighted by Crippen LogP contribution is 2.40. The molecule has 1 aliphatic carbocycles. The summed E-state index contributed by atoms with van der Waals surface area (Å²) in [4.78, 5) is 8.79. The van der Waals surface area contributed by atoms with Gasteiger partial charge in [-0.05, 0) is 31.9 Å². The molecular formula is C15H16F2N4. The lowest BCUT2D eigenvalue weighted by molar-refractivity contribution is 0.509. The second-order valence-corrected chi connectivity index (χ2v) is 5.06. The Kier molecular flexibility index (Phi) is 3.68. The van der Waals surface area contributed by atoms with E-state index in [1.165, 1.54) is 6.07 Å². The van der Waals surface area contributed by atoms with Crippen LogP contribution in [0, 0.1) is 11.6 Å². The highest BCUT2D eigenvalue weighted by molar-refractivity contribution is 5.58. The first-order chi connectivity index (χ1) is 10.2. The van der Waals surface area contributed by atoms with Gasteiger partial charge in [-0.1, -0.05) is 0 Å². The first-order valence-corrected chi connectivity index (χ1v) is 7.00. The SMILES string of the molecule is CCNc1nc(Nc2ccc(F)c(F)c2)cc(C2CC2)n1. The number of rotatable bonds is 5. The number of anilines is 3. The maximum atomic E-state index is 13.2. The van der Waals surface area contributed by atoms with Crippen molar-refractivity contribution in [3.63, 3.8) is 0 Å². The van der Waals surface area contributed by atoms with E-state index in [0.717, 1.165) is 37.2 Å². The lowest BCUT2D eigenvalue weighted by Crippen LogP contribution is -2.06. The van der Waals surface area contributed by atoms with E-state index in [1.54, 1.807) is 0 Å². The zero-order chi connectivity index (χ0) is 14.8. The summed E-state index contributed by atoms with van der Waals surface area (Å²) < 4.78 is 26.2. The number of aromatic nitrogens is 2. The molecule has 1 fully saturated rings. The highest BCUT2D eigenvalue weighted by Gasteiger charge is 2.26. The van der Waals surface area contributed by atoms with E-state index in [9.17, 15) is 8.78 Å². The predicted molar refractivity (Wildman–Crippen MR) is 77.8 cm³/mol. The Morgan fingerprint density at radius 2 is 1.95 bits per heavy atom. The molecule has 3 rings (SSSR count). The molecule has 1 aromatic carbocycles. The summed E-state index contributed by atoms with van der Waals surface area (Å²) in [5.41, 5.74) is 1.43. The Morgan fingerprint density at radius 3 is 2.62 bits per heavy atom. The van der Waals surface area contributed by atoms with Crippen molar-refractivity contribution in [3.05, 3.63) is 41.6 Å². The Balaban J connectivity index is 1.87. The van der Waals surface area contributed by atoms with Crippen molar-refractivity contribution in [1.82, 2.24) is 9.97 Å². The third-order valence-electron chi connectivity index (χ3n) is 3.27. The molecule has 0 radical (unpaired) electrons. The molecule has 2 aromatic rings. The normalized spacial score (nSPS) is 14.0. The zero-order valence-electron chi connectivity index (χ0n) is 11.7. The quantitative estimate of drug-likeness (QED) is 0.879. The molecule has 6 heteroatoms. The van der Waals surface area contributed by atoms with Crippen molar-refractivity contribution in [2.75, 3.05) is 17.2 Å². The average molecular weight is 290 g/mol. The minimum atomic E-state index is -0.886. The van der Waals surface area contributed by atoms with Gasteiger partial charge in [0.1, 0.15) is 5.82 Å². The fourth-order valence-electron chi connectivity index (χ4n) is 2.08. The van der Waals surface area contributed by atoms with Crippen LogP contribution in [-0.4, -0.2) is 16.5 Å². The molecule has 0 unspecified atom stereocenters. The van der Waals surface area contributed by atoms with Gasteiger partial charge < -0.3 is 10.6 Å². The van der Waals surface area contributed by atoms with Gasteiger partial charge in [0.05, 0.1) is 5.69 Å². The average Bonchev–Trinajstić information content (AvgIpc) is 3.28. The van der Waals surface area contributed by atoms with Crippen LogP contribution < -0.4 is 10.6 Å². The molecule has 21 heavy (non-hydrogen) atoms. The molecule has 0 spiro atoms. The number of halogens is 2. The molecule has 1 heterocycles. The summed E-state index contributed by atoms with van der Waals surface area (Å²) in [5.74, 6) is -0.143. The van der Waals surface area contributed by atoms with Gasteiger partial charge in [0.25, 0.3) is 0 Å². The van der Waals surface area contributed by atoms with Crippen molar-refractivity contribution in [2.45, 2.75) is 25.7 Å². The zero-order valence-corrected chi connectivity index (χ0v) is 11.7. The van der Waals surface area contributed by atoms with Crippen LogP contribution in [-0.2, 0) is 0 Å². The van der Waals surface area contributed by atoms with Gasteiger partial charge in [-0.15, -0.1) is 0 Å². The van der Waals surface area contributed by atoms with Crippen LogP contribution in [0.1, 0.15) is 31.4 Å². The van der Waals surface area contributed by atoms with Crippen LogP contribution >= 0.6 is 0 Å². The Hall–Kier alpha value is -2.24. The standard InChI is InChI=1S/C15H16F2N4/c1-2-18-15-20-13(9-3-4-9)8-14(21-15)19-10-5-6-11(16)12(17)7-10/h5-9H,2-4H2,1H3,(H2,18,19,20,21). The predicted octanol–water partition coefficient (Wildman–Crippen LogP) is 3.81. The molecular weight excluding hydrogens is 274 g/mol. The molecule has 0 bridgehead atoms. The smallest absolute Gasteiger partial charge is 0.224 e. The number of nitrogens with one attached hydrogen (secondary N) is 2. The summed E-state index contributed by atoms with van der Waals surface area (Å²) in [7, 11) is 0. The van der Waals surface area contributed by atoms with Crippen molar-refractivity contribution in [1.29, 1.82) is 0 Å². The molecule has 2 N–H and O–H groups in total. The number of hydrogen-bond acceptors (Lipinski definition) is 4. The molecule has 0 amide bonds. The highest BCUT2D eigenvalue weighted by atomic mass is 19.2. The van der Waals surface area contributed by atoms with Gasteiger partial charge >= 0.3 is 0 Å². The molecule has 0 saturated heterocycles. The molecule has 1 aliphatic rings. The number of nitrogens with zero attached hydrogens (tertiary/aromatic N) is 2. The van der Waals surface area contributed by atoms with Gasteiger partial charge in [0.15, 0.2) is 11.6 Å². The maximum Gasteiger partial charge on any atom is 0.224 e. The third kappa shape index (κ3) is 3.26. The van der Waals surface area contributed by atoms with Gasteiger partial charge in [0.2, 0.25) is 5.95 Å². The summed E-state index contributed by atoms with van der Waals surface area (Å²) in [6.45, 7) is 2.69. The topological polar surface area (TPSA) is 49.8 Å². The fraction of sp³-hybridized carbons (Fsp3) is 0.333. The van der Waals surface area contributed by atoms with E-state index in [2.05, 4.69) is 20.6 Å². The van der Waals surface area contributed by atoms with Gasteiger partial charge in [-0.2, -0.15) is 4.98 Å². The first kappa shape index (κ1) is 13.7. The first-order valence-electron chi connectivity index (χ1n) is 7.00. The molecule has 4 nitrogen and oxygen atoms in total. The summed E-state index contributed by atoms with van der Waals surface area (Å²) in [5, 5.41) is 6.08. The summed E-state index contributed by atoms with van der Waals surface area (Å²) in [6.07, 6.45) is 2.26. The second kappa shape index (κ2) is 5.63. The molecule has 0 atom stereocenters. The van der Waals surface area contributed by atoms with E-state index in [-0.39, 0.29) is 0 Å². The third-order valence-corrected chi connectivity index (χ3v) is 3.27.